The van der Waals surface area contributed by atoms with Crippen molar-refractivity contribution in [3.63, 3.8) is 0 Å². The van der Waals surface area contributed by atoms with E-state index in [4.69, 9.17) is 11.6 Å². The van der Waals surface area contributed by atoms with Gasteiger partial charge in [-0.1, -0.05) is 43.0 Å². The average Bonchev–Trinajstić information content (AvgIpc) is 3.30. The molecular formula is C18H25ClN5+. The summed E-state index contributed by atoms with van der Waals surface area (Å²) in [6.07, 6.45) is 8.86. The lowest BCUT2D eigenvalue weighted by Gasteiger charge is -2.27. The average molecular weight is 347 g/mol. The minimum absolute atomic E-state index is 0.210. The zero-order valence-electron chi connectivity index (χ0n) is 14.0. The van der Waals surface area contributed by atoms with Gasteiger partial charge in [-0.05, 0) is 35.4 Å². The Bertz CT molecular complexity index is 656. The highest BCUT2D eigenvalue weighted by Crippen LogP contribution is 2.30. The minimum atomic E-state index is 0.210. The summed E-state index contributed by atoms with van der Waals surface area (Å²) in [5, 5.41) is 13.7. The summed E-state index contributed by atoms with van der Waals surface area (Å²) in [5.74, 6) is 1.03. The molecule has 1 atom stereocenters. The molecule has 4 rings (SSSR count). The maximum Gasteiger partial charge on any atom is 0.214 e. The van der Waals surface area contributed by atoms with Crippen LogP contribution in [0.4, 0.5) is 0 Å². The predicted molar refractivity (Wildman–Crippen MR) is 93.2 cm³/mol. The van der Waals surface area contributed by atoms with Crippen molar-refractivity contribution >= 4 is 11.6 Å². The first-order valence-electron chi connectivity index (χ1n) is 9.21. The number of aromatic nitrogens is 4. The second-order valence-electron chi connectivity index (χ2n) is 7.12. The van der Waals surface area contributed by atoms with Crippen LogP contribution in [0.15, 0.2) is 24.3 Å². The summed E-state index contributed by atoms with van der Waals surface area (Å²) in [6.45, 7) is 2.37. The molecule has 5 nitrogen and oxygen atoms in total. The number of benzene rings is 1. The largest absolute Gasteiger partial charge is 0.322 e. The summed E-state index contributed by atoms with van der Waals surface area (Å²) in [6, 6.07) is 8.90. The molecule has 2 aromatic rings. The molecule has 0 amide bonds. The van der Waals surface area contributed by atoms with Crippen molar-refractivity contribution in [2.45, 2.75) is 57.0 Å². The Morgan fingerprint density at radius 3 is 2.42 bits per heavy atom. The fraction of sp³-hybridized carbons (Fsp3) is 0.611. The van der Waals surface area contributed by atoms with Crippen LogP contribution in [0.1, 0.15) is 68.4 Å². The molecule has 2 fully saturated rings. The van der Waals surface area contributed by atoms with E-state index in [1.807, 2.05) is 12.1 Å². The molecule has 1 N–H and O–H groups in total. The lowest BCUT2D eigenvalue weighted by molar-refractivity contribution is -0.914. The van der Waals surface area contributed by atoms with E-state index < -0.39 is 0 Å². The van der Waals surface area contributed by atoms with E-state index in [1.165, 1.54) is 63.6 Å². The van der Waals surface area contributed by atoms with Gasteiger partial charge in [0.05, 0.1) is 19.1 Å². The smallest absolute Gasteiger partial charge is 0.214 e. The Morgan fingerprint density at radius 2 is 1.71 bits per heavy atom. The number of tetrazole rings is 1. The zero-order chi connectivity index (χ0) is 16.4. The summed E-state index contributed by atoms with van der Waals surface area (Å²) in [7, 11) is 0. The molecule has 0 bridgehead atoms. The van der Waals surface area contributed by atoms with Gasteiger partial charge in [0.2, 0.25) is 5.82 Å². The molecule has 0 radical (unpaired) electrons. The van der Waals surface area contributed by atoms with E-state index in [1.54, 1.807) is 4.90 Å². The van der Waals surface area contributed by atoms with Gasteiger partial charge in [0.1, 0.15) is 0 Å². The van der Waals surface area contributed by atoms with Gasteiger partial charge in [0, 0.05) is 23.4 Å². The Labute approximate surface area is 148 Å². The topological polar surface area (TPSA) is 48.0 Å². The first-order valence-corrected chi connectivity index (χ1v) is 9.58. The molecule has 128 valence electrons. The van der Waals surface area contributed by atoms with Crippen molar-refractivity contribution in [1.82, 2.24) is 20.2 Å². The van der Waals surface area contributed by atoms with Crippen LogP contribution in [-0.2, 0) is 0 Å². The third-order valence-electron chi connectivity index (χ3n) is 5.55. The number of halogens is 1. The first-order chi connectivity index (χ1) is 11.8. The predicted octanol–water partition coefficient (Wildman–Crippen LogP) is 2.60. The molecular weight excluding hydrogens is 322 g/mol. The van der Waals surface area contributed by atoms with Crippen LogP contribution >= 0.6 is 11.6 Å². The van der Waals surface area contributed by atoms with Crippen molar-refractivity contribution < 1.29 is 4.90 Å². The van der Waals surface area contributed by atoms with Gasteiger partial charge in [0.25, 0.3) is 0 Å². The number of quaternary nitrogens is 1. The molecule has 1 saturated heterocycles. The Kier molecular flexibility index (Phi) is 4.81. The maximum atomic E-state index is 6.10. The molecule has 1 aromatic carbocycles. The summed E-state index contributed by atoms with van der Waals surface area (Å²) >= 11 is 6.10. The van der Waals surface area contributed by atoms with E-state index in [9.17, 15) is 0 Å². The van der Waals surface area contributed by atoms with Crippen LogP contribution in [0.25, 0.3) is 0 Å². The second-order valence-corrected chi connectivity index (χ2v) is 7.56. The summed E-state index contributed by atoms with van der Waals surface area (Å²) in [4.78, 5) is 1.57. The van der Waals surface area contributed by atoms with Gasteiger partial charge < -0.3 is 4.90 Å². The van der Waals surface area contributed by atoms with Crippen LogP contribution in [0.3, 0.4) is 0 Å². The highest BCUT2D eigenvalue weighted by Gasteiger charge is 2.35. The quantitative estimate of drug-likeness (QED) is 0.925. The summed E-state index contributed by atoms with van der Waals surface area (Å²) < 4.78 is 2.13. The Hall–Kier alpha value is -1.46. The third-order valence-corrected chi connectivity index (χ3v) is 5.81. The number of nitrogens with zero attached hydrogens (tertiary/aromatic N) is 4. The van der Waals surface area contributed by atoms with E-state index in [0.29, 0.717) is 6.04 Å². The number of nitrogens with one attached hydrogen (secondary N) is 1. The Morgan fingerprint density at radius 1 is 1.00 bits per heavy atom. The van der Waals surface area contributed by atoms with Gasteiger partial charge in [0.15, 0.2) is 6.04 Å². The molecule has 1 aromatic heterocycles. The minimum Gasteiger partial charge on any atom is -0.322 e. The van der Waals surface area contributed by atoms with Crippen LogP contribution in [0.2, 0.25) is 5.02 Å². The summed E-state index contributed by atoms with van der Waals surface area (Å²) in [5.41, 5.74) is 1.27. The van der Waals surface area contributed by atoms with Crippen molar-refractivity contribution in [2.75, 3.05) is 13.1 Å². The molecule has 2 aliphatic rings. The van der Waals surface area contributed by atoms with Crippen molar-refractivity contribution in [3.8, 4) is 0 Å². The normalized spacial score (nSPS) is 21.2. The number of hydrogen-bond acceptors (Lipinski definition) is 3. The monoisotopic (exact) mass is 346 g/mol. The van der Waals surface area contributed by atoms with Gasteiger partial charge in [-0.2, -0.15) is 0 Å². The second kappa shape index (κ2) is 7.19. The van der Waals surface area contributed by atoms with Crippen LogP contribution in [0.5, 0.6) is 0 Å². The number of likely N-dealkylation sites (tertiary alicyclic amines) is 1. The highest BCUT2D eigenvalue weighted by molar-refractivity contribution is 6.30. The van der Waals surface area contributed by atoms with E-state index in [2.05, 4.69) is 32.3 Å². The molecule has 6 heteroatoms. The van der Waals surface area contributed by atoms with Crippen LogP contribution in [-0.4, -0.2) is 33.3 Å². The van der Waals surface area contributed by atoms with Gasteiger partial charge in [-0.3, -0.25) is 0 Å². The number of hydrogen-bond donors (Lipinski definition) is 1. The zero-order valence-corrected chi connectivity index (χ0v) is 14.8. The van der Waals surface area contributed by atoms with Gasteiger partial charge in [-0.15, -0.1) is 5.10 Å². The fourth-order valence-corrected chi connectivity index (χ4v) is 4.44. The molecule has 2 heterocycles. The van der Waals surface area contributed by atoms with E-state index in [0.717, 1.165) is 10.8 Å². The molecule has 0 unspecified atom stereocenters. The molecule has 0 spiro atoms. The van der Waals surface area contributed by atoms with Gasteiger partial charge >= 0.3 is 0 Å². The van der Waals surface area contributed by atoms with Crippen molar-refractivity contribution in [1.29, 1.82) is 0 Å². The maximum absolute atomic E-state index is 6.10. The standard InChI is InChI=1S/C18H24ClN5/c19-15-10-8-14(9-11-15)17(23-12-4-5-13-23)18-20-21-22-24(18)16-6-2-1-3-7-16/h8-11,16-17H,1-7,12-13H2/p+1/t17-/m0/s1. The fourth-order valence-electron chi connectivity index (χ4n) is 4.32. The molecule has 1 saturated carbocycles. The van der Waals surface area contributed by atoms with Crippen molar-refractivity contribution in [2.24, 2.45) is 0 Å². The highest BCUT2D eigenvalue weighted by atomic mass is 35.5. The van der Waals surface area contributed by atoms with Crippen LogP contribution < -0.4 is 4.90 Å². The molecule has 1 aliphatic carbocycles. The SMILES string of the molecule is Clc1ccc([C@@H](c2nnnn2C2CCCCC2)[NH+]2CCCC2)cc1. The Balaban J connectivity index is 1.71. The lowest BCUT2D eigenvalue weighted by Crippen LogP contribution is -3.10. The third kappa shape index (κ3) is 3.20. The molecule has 1 aliphatic heterocycles. The van der Waals surface area contributed by atoms with Crippen molar-refractivity contribution in [3.05, 3.63) is 40.7 Å². The first kappa shape index (κ1) is 16.0. The lowest BCUT2D eigenvalue weighted by atomic mass is 9.95. The van der Waals surface area contributed by atoms with E-state index in [-0.39, 0.29) is 6.04 Å². The van der Waals surface area contributed by atoms with E-state index >= 15 is 0 Å². The number of rotatable bonds is 4. The molecule has 24 heavy (non-hydrogen) atoms. The van der Waals surface area contributed by atoms with Crippen LogP contribution in [0, 0.1) is 0 Å². The van der Waals surface area contributed by atoms with Gasteiger partial charge in [-0.25, -0.2) is 4.68 Å².